The first-order valence-electron chi connectivity index (χ1n) is 16.2. The summed E-state index contributed by atoms with van der Waals surface area (Å²) in [7, 11) is 1.55. The van der Waals surface area contributed by atoms with Gasteiger partial charge >= 0.3 is 6.18 Å². The lowest BCUT2D eigenvalue weighted by Crippen LogP contribution is -2.51. The van der Waals surface area contributed by atoms with Crippen molar-refractivity contribution in [1.82, 2.24) is 14.9 Å². The van der Waals surface area contributed by atoms with Crippen LogP contribution in [-0.2, 0) is 20.5 Å². The van der Waals surface area contributed by atoms with E-state index >= 15 is 0 Å². The average molecular weight is 686 g/mol. The highest BCUT2D eigenvalue weighted by Crippen LogP contribution is 2.41. The molecule has 0 bridgehead atoms. The van der Waals surface area contributed by atoms with E-state index in [0.29, 0.717) is 35.4 Å². The first-order chi connectivity index (χ1) is 23.5. The summed E-state index contributed by atoms with van der Waals surface area (Å²) < 4.78 is 65.8. The van der Waals surface area contributed by atoms with Crippen molar-refractivity contribution in [2.24, 2.45) is 0 Å². The van der Waals surface area contributed by atoms with Gasteiger partial charge in [-0.15, -0.1) is 0 Å². The molecule has 11 nitrogen and oxygen atoms in total. The van der Waals surface area contributed by atoms with Gasteiger partial charge in [0.25, 0.3) is 0 Å². The van der Waals surface area contributed by atoms with Gasteiger partial charge in [-0.1, -0.05) is 12.6 Å². The van der Waals surface area contributed by atoms with Crippen molar-refractivity contribution in [3.63, 3.8) is 0 Å². The number of carbonyl (C=O) groups is 1. The van der Waals surface area contributed by atoms with Crippen LogP contribution in [0.3, 0.4) is 0 Å². The molecule has 262 valence electrons. The van der Waals surface area contributed by atoms with Crippen LogP contribution in [0.25, 0.3) is 0 Å². The number of carbonyl (C=O) groups excluding carboxylic acids is 1. The molecule has 3 aromatic rings. The third-order valence-electron chi connectivity index (χ3n) is 9.08. The number of hydroxylamine groups is 1. The summed E-state index contributed by atoms with van der Waals surface area (Å²) in [6.45, 7) is 10.1. The largest absolute Gasteiger partial charge is 0.494 e. The fraction of sp³-hybridized carbons (Fsp3) is 0.441. The van der Waals surface area contributed by atoms with E-state index in [1.54, 1.807) is 19.2 Å². The Balaban J connectivity index is 1.23. The molecule has 4 heterocycles. The second kappa shape index (κ2) is 14.6. The molecule has 2 unspecified atom stereocenters. The second-order valence-electron chi connectivity index (χ2n) is 12.2. The molecule has 3 saturated heterocycles. The second-order valence-corrected chi connectivity index (χ2v) is 12.2. The van der Waals surface area contributed by atoms with E-state index in [9.17, 15) is 22.4 Å². The van der Waals surface area contributed by atoms with Crippen molar-refractivity contribution in [3.8, 4) is 5.75 Å². The van der Waals surface area contributed by atoms with Crippen LogP contribution in [0.4, 0.5) is 46.3 Å². The minimum Gasteiger partial charge on any atom is -0.494 e. The summed E-state index contributed by atoms with van der Waals surface area (Å²) in [5.41, 5.74) is 0.761. The van der Waals surface area contributed by atoms with Crippen LogP contribution in [0.1, 0.15) is 43.4 Å². The maximum Gasteiger partial charge on any atom is 0.419 e. The molecule has 0 radical (unpaired) electrons. The zero-order valence-electron chi connectivity index (χ0n) is 27.3. The zero-order valence-corrected chi connectivity index (χ0v) is 27.3. The zero-order chi connectivity index (χ0) is 34.7. The average Bonchev–Trinajstić information content (AvgIpc) is 3.59. The fourth-order valence-electron chi connectivity index (χ4n) is 6.67. The number of nitrogens with zero attached hydrogens (tertiary/aromatic N) is 5. The van der Waals surface area contributed by atoms with Gasteiger partial charge < -0.3 is 25.0 Å². The van der Waals surface area contributed by atoms with E-state index in [-0.39, 0.29) is 30.0 Å². The predicted octanol–water partition coefficient (Wildman–Crippen LogP) is 6.08. The molecule has 1 amide bonds. The number of aromatic nitrogens is 2. The molecular formula is C34H39F4N7O4. The quantitative estimate of drug-likeness (QED) is 0.203. The standard InChI is InChI=1S/C34H39F4N7O4/c1-4-33(46)42-26-16-27(30(47-3)17-29(26)43-10-7-23(8-11-43)44-12-14-48-21(2)19-44)41-31-18-32(40-20-39-31)45-28(9-13-49-45)22-5-6-25(35)24(15-22)34(36,37)38/h4-6,15-18,20-21,23,28H,1,7-14,19H2,2-3H3,(H,42,46)(H,39,40,41). The van der Waals surface area contributed by atoms with Crippen molar-refractivity contribution >= 4 is 34.6 Å². The molecule has 0 aliphatic carbocycles. The molecule has 2 atom stereocenters. The van der Waals surface area contributed by atoms with E-state index in [1.165, 1.54) is 23.5 Å². The summed E-state index contributed by atoms with van der Waals surface area (Å²) >= 11 is 0. The molecule has 3 aliphatic heterocycles. The molecule has 2 N–H and O–H groups in total. The Kier molecular flexibility index (Phi) is 10.2. The highest BCUT2D eigenvalue weighted by Gasteiger charge is 2.37. The van der Waals surface area contributed by atoms with Crippen molar-refractivity contribution in [2.75, 3.05) is 67.1 Å². The smallest absolute Gasteiger partial charge is 0.419 e. The first-order valence-corrected chi connectivity index (χ1v) is 16.2. The number of halogens is 4. The van der Waals surface area contributed by atoms with Crippen LogP contribution in [0.15, 0.2) is 55.4 Å². The minimum atomic E-state index is -4.84. The lowest BCUT2D eigenvalue weighted by molar-refractivity contribution is -0.140. The fourth-order valence-corrected chi connectivity index (χ4v) is 6.67. The van der Waals surface area contributed by atoms with Crippen molar-refractivity contribution in [3.05, 3.63) is 72.3 Å². The van der Waals surface area contributed by atoms with Crippen LogP contribution < -0.4 is 25.3 Å². The number of benzene rings is 2. The first kappa shape index (κ1) is 34.4. The van der Waals surface area contributed by atoms with Crippen LogP contribution in [0.2, 0.25) is 0 Å². The molecular weight excluding hydrogens is 646 g/mol. The van der Waals surface area contributed by atoms with Gasteiger partial charge in [0.1, 0.15) is 23.7 Å². The van der Waals surface area contributed by atoms with Gasteiger partial charge in [0, 0.05) is 50.8 Å². The van der Waals surface area contributed by atoms with Crippen molar-refractivity contribution in [2.45, 2.75) is 50.6 Å². The Labute approximate surface area is 281 Å². The number of piperidine rings is 1. The maximum absolute atomic E-state index is 14.0. The molecule has 49 heavy (non-hydrogen) atoms. The topological polar surface area (TPSA) is 104 Å². The van der Waals surface area contributed by atoms with Crippen LogP contribution in [0, 0.1) is 5.82 Å². The molecule has 0 spiro atoms. The molecule has 2 aromatic carbocycles. The SMILES string of the molecule is C=CC(=O)Nc1cc(Nc2cc(N3OCCC3c3ccc(F)c(C(F)(F)F)c3)ncn2)c(OC)cc1N1CCC(N2CCOC(C)C2)CC1. The molecule has 15 heteroatoms. The summed E-state index contributed by atoms with van der Waals surface area (Å²) in [5.74, 6) is -0.595. The summed E-state index contributed by atoms with van der Waals surface area (Å²) in [4.78, 5) is 31.6. The molecule has 3 aliphatic rings. The maximum atomic E-state index is 14.0. The minimum absolute atomic E-state index is 0.216. The third kappa shape index (κ3) is 7.73. The van der Waals surface area contributed by atoms with E-state index < -0.39 is 23.6 Å². The van der Waals surface area contributed by atoms with E-state index in [2.05, 4.69) is 43.9 Å². The summed E-state index contributed by atoms with van der Waals surface area (Å²) in [5, 5.41) is 7.55. The Hall–Kier alpha value is -4.47. The highest BCUT2D eigenvalue weighted by atomic mass is 19.4. The van der Waals surface area contributed by atoms with E-state index in [1.807, 2.05) is 6.07 Å². The Morgan fingerprint density at radius 3 is 2.57 bits per heavy atom. The van der Waals surface area contributed by atoms with Crippen molar-refractivity contribution < 1.29 is 36.7 Å². The lowest BCUT2D eigenvalue weighted by atomic mass is 10.0. The van der Waals surface area contributed by atoms with Crippen molar-refractivity contribution in [1.29, 1.82) is 0 Å². The number of ether oxygens (including phenoxy) is 2. The number of hydrogen-bond donors (Lipinski definition) is 2. The lowest BCUT2D eigenvalue weighted by Gasteiger charge is -2.42. The number of methoxy groups -OCH3 is 1. The van der Waals surface area contributed by atoms with Gasteiger partial charge in [-0.3, -0.25) is 14.5 Å². The molecule has 6 rings (SSSR count). The number of alkyl halides is 3. The number of amides is 1. The van der Waals surface area contributed by atoms with Crippen LogP contribution in [0.5, 0.6) is 5.75 Å². The number of hydrogen-bond acceptors (Lipinski definition) is 10. The monoisotopic (exact) mass is 685 g/mol. The molecule has 1 aromatic heterocycles. The van der Waals surface area contributed by atoms with Gasteiger partial charge in [0.15, 0.2) is 5.82 Å². The predicted molar refractivity (Wildman–Crippen MR) is 177 cm³/mol. The highest BCUT2D eigenvalue weighted by molar-refractivity contribution is 6.02. The number of anilines is 5. The van der Waals surface area contributed by atoms with Gasteiger partial charge in [0.2, 0.25) is 5.91 Å². The Morgan fingerprint density at radius 1 is 1.06 bits per heavy atom. The molecule has 0 saturated carbocycles. The van der Waals surface area contributed by atoms with Gasteiger partial charge in [-0.05, 0) is 49.6 Å². The summed E-state index contributed by atoms with van der Waals surface area (Å²) in [6.07, 6.45) is 0.157. The van der Waals surface area contributed by atoms with Gasteiger partial charge in [-0.2, -0.15) is 13.2 Å². The number of rotatable bonds is 9. The van der Waals surface area contributed by atoms with Crippen LogP contribution >= 0.6 is 0 Å². The Bertz CT molecular complexity index is 1670. The van der Waals surface area contributed by atoms with Crippen LogP contribution in [-0.4, -0.2) is 79.4 Å². The number of morpholine rings is 1. The summed E-state index contributed by atoms with van der Waals surface area (Å²) in [6, 6.07) is 7.96. The Morgan fingerprint density at radius 2 is 1.86 bits per heavy atom. The van der Waals surface area contributed by atoms with Gasteiger partial charge in [0.05, 0.1) is 55.1 Å². The van der Waals surface area contributed by atoms with E-state index in [0.717, 1.165) is 63.4 Å². The number of nitrogens with one attached hydrogen (secondary N) is 2. The molecule has 3 fully saturated rings. The van der Waals surface area contributed by atoms with Gasteiger partial charge in [-0.25, -0.2) is 19.4 Å². The normalized spacial score (nSPS) is 20.7. The third-order valence-corrected chi connectivity index (χ3v) is 9.08. The van der Waals surface area contributed by atoms with E-state index in [4.69, 9.17) is 14.3 Å².